The second kappa shape index (κ2) is 5.79. The first-order valence-corrected chi connectivity index (χ1v) is 6.84. The zero-order valence-electron chi connectivity index (χ0n) is 11.4. The Balaban J connectivity index is 1.66. The fourth-order valence-corrected chi connectivity index (χ4v) is 2.56. The Morgan fingerprint density at radius 3 is 2.20 bits per heavy atom. The van der Waals surface area contributed by atoms with Crippen molar-refractivity contribution in [2.45, 2.75) is 0 Å². The number of nitrogen functional groups attached to an aromatic ring is 1. The van der Waals surface area contributed by atoms with Crippen LogP contribution in [0.3, 0.4) is 0 Å². The Hall–Kier alpha value is -2.27. The number of piperazine rings is 1. The summed E-state index contributed by atoms with van der Waals surface area (Å²) in [5, 5.41) is 0. The minimum Gasteiger partial charge on any atom is -0.368 e. The quantitative estimate of drug-likeness (QED) is 0.656. The predicted molar refractivity (Wildman–Crippen MR) is 82.9 cm³/mol. The lowest BCUT2D eigenvalue weighted by Crippen LogP contribution is -2.46. The number of para-hydroxylation sites is 1. The van der Waals surface area contributed by atoms with E-state index in [0.29, 0.717) is 5.82 Å². The first-order chi connectivity index (χ1) is 9.86. The van der Waals surface area contributed by atoms with Crippen LogP contribution in [0.1, 0.15) is 0 Å². The van der Waals surface area contributed by atoms with Crippen molar-refractivity contribution in [2.24, 2.45) is 5.84 Å². The van der Waals surface area contributed by atoms with E-state index in [1.807, 2.05) is 12.1 Å². The van der Waals surface area contributed by atoms with Crippen molar-refractivity contribution in [3.05, 3.63) is 48.7 Å². The van der Waals surface area contributed by atoms with Gasteiger partial charge < -0.3 is 15.2 Å². The summed E-state index contributed by atoms with van der Waals surface area (Å²) >= 11 is 0. The van der Waals surface area contributed by atoms with Gasteiger partial charge in [-0.1, -0.05) is 18.2 Å². The smallest absolute Gasteiger partial charge is 0.141 e. The first kappa shape index (κ1) is 12.7. The van der Waals surface area contributed by atoms with Gasteiger partial charge in [-0.25, -0.2) is 10.8 Å². The third kappa shape index (κ3) is 2.67. The van der Waals surface area contributed by atoms with E-state index in [4.69, 9.17) is 5.84 Å². The standard InChI is InChI=1S/C15H19N5/c16-18-15-12-14(6-7-17-15)20-10-8-19(9-11-20)13-4-2-1-3-5-13/h1-7,12H,8-11,16H2,(H,17,18). The van der Waals surface area contributed by atoms with Crippen LogP contribution >= 0.6 is 0 Å². The number of aromatic nitrogens is 1. The van der Waals surface area contributed by atoms with Gasteiger partial charge in [0, 0.05) is 49.8 Å². The Labute approximate surface area is 119 Å². The Morgan fingerprint density at radius 2 is 1.55 bits per heavy atom. The molecule has 2 aromatic rings. The minimum atomic E-state index is 0.702. The van der Waals surface area contributed by atoms with Gasteiger partial charge in [0.05, 0.1) is 0 Å². The number of hydrazine groups is 1. The largest absolute Gasteiger partial charge is 0.368 e. The normalized spacial score (nSPS) is 15.2. The third-order valence-corrected chi connectivity index (χ3v) is 3.66. The number of anilines is 3. The van der Waals surface area contributed by atoms with Gasteiger partial charge in [0.15, 0.2) is 0 Å². The molecule has 1 aromatic heterocycles. The summed E-state index contributed by atoms with van der Waals surface area (Å²) in [6, 6.07) is 14.6. The second-order valence-electron chi connectivity index (χ2n) is 4.85. The van der Waals surface area contributed by atoms with Crippen LogP contribution in [0.2, 0.25) is 0 Å². The minimum absolute atomic E-state index is 0.702. The van der Waals surface area contributed by atoms with Gasteiger partial charge in [-0.2, -0.15) is 0 Å². The monoisotopic (exact) mass is 269 g/mol. The third-order valence-electron chi connectivity index (χ3n) is 3.66. The van der Waals surface area contributed by atoms with Gasteiger partial charge in [0.1, 0.15) is 5.82 Å². The molecule has 0 amide bonds. The van der Waals surface area contributed by atoms with Crippen molar-refractivity contribution in [3.8, 4) is 0 Å². The molecule has 5 nitrogen and oxygen atoms in total. The topological polar surface area (TPSA) is 57.4 Å². The van der Waals surface area contributed by atoms with Crippen LogP contribution in [0, 0.1) is 0 Å². The SMILES string of the molecule is NNc1cc(N2CCN(c3ccccc3)CC2)ccn1. The number of hydrogen-bond acceptors (Lipinski definition) is 5. The average molecular weight is 269 g/mol. The van der Waals surface area contributed by atoms with E-state index >= 15 is 0 Å². The molecule has 0 atom stereocenters. The molecule has 1 aliphatic rings. The molecule has 3 N–H and O–H groups in total. The summed E-state index contributed by atoms with van der Waals surface area (Å²) in [5.74, 6) is 6.11. The van der Waals surface area contributed by atoms with E-state index in [1.54, 1.807) is 6.20 Å². The van der Waals surface area contributed by atoms with Gasteiger partial charge in [-0.05, 0) is 18.2 Å². The number of hydrogen-bond donors (Lipinski definition) is 2. The maximum atomic E-state index is 5.41. The van der Waals surface area contributed by atoms with Crippen molar-refractivity contribution in [1.29, 1.82) is 0 Å². The highest BCUT2D eigenvalue weighted by molar-refractivity contribution is 5.55. The van der Waals surface area contributed by atoms with Gasteiger partial charge in [-0.3, -0.25) is 0 Å². The maximum Gasteiger partial charge on any atom is 0.141 e. The van der Waals surface area contributed by atoms with Gasteiger partial charge in [0.2, 0.25) is 0 Å². The van der Waals surface area contributed by atoms with Crippen LogP contribution < -0.4 is 21.1 Å². The van der Waals surface area contributed by atoms with Crippen molar-refractivity contribution in [1.82, 2.24) is 4.98 Å². The molecule has 1 saturated heterocycles. The van der Waals surface area contributed by atoms with E-state index in [9.17, 15) is 0 Å². The summed E-state index contributed by atoms with van der Waals surface area (Å²) in [4.78, 5) is 8.92. The Bertz CT molecular complexity index is 549. The number of pyridine rings is 1. The number of nitrogens with two attached hydrogens (primary N) is 1. The lowest BCUT2D eigenvalue weighted by Gasteiger charge is -2.37. The van der Waals surface area contributed by atoms with Crippen molar-refractivity contribution in [2.75, 3.05) is 41.4 Å². The molecule has 2 heterocycles. The number of nitrogens with zero attached hydrogens (tertiary/aromatic N) is 3. The number of benzene rings is 1. The fraction of sp³-hybridized carbons (Fsp3) is 0.267. The molecule has 1 aromatic carbocycles. The van der Waals surface area contributed by atoms with Crippen LogP contribution in [-0.4, -0.2) is 31.2 Å². The maximum absolute atomic E-state index is 5.41. The van der Waals surface area contributed by atoms with Crippen LogP contribution in [0.15, 0.2) is 48.7 Å². The average Bonchev–Trinajstić information content (AvgIpc) is 2.56. The Morgan fingerprint density at radius 1 is 0.900 bits per heavy atom. The molecule has 0 unspecified atom stereocenters. The van der Waals surface area contributed by atoms with Crippen molar-refractivity contribution >= 4 is 17.2 Å². The fourth-order valence-electron chi connectivity index (χ4n) is 2.56. The van der Waals surface area contributed by atoms with Gasteiger partial charge in [0.25, 0.3) is 0 Å². The van der Waals surface area contributed by atoms with Crippen LogP contribution in [0.25, 0.3) is 0 Å². The summed E-state index contributed by atoms with van der Waals surface area (Å²) < 4.78 is 0. The van der Waals surface area contributed by atoms with Crippen LogP contribution in [-0.2, 0) is 0 Å². The molecule has 104 valence electrons. The second-order valence-corrected chi connectivity index (χ2v) is 4.85. The lowest BCUT2D eigenvalue weighted by molar-refractivity contribution is 0.653. The van der Waals surface area contributed by atoms with E-state index < -0.39 is 0 Å². The predicted octanol–water partition coefficient (Wildman–Crippen LogP) is 1.69. The summed E-state index contributed by atoms with van der Waals surface area (Å²) in [5.41, 5.74) is 5.06. The molecule has 20 heavy (non-hydrogen) atoms. The van der Waals surface area contributed by atoms with Crippen molar-refractivity contribution < 1.29 is 0 Å². The zero-order valence-corrected chi connectivity index (χ0v) is 11.4. The van der Waals surface area contributed by atoms with Gasteiger partial charge >= 0.3 is 0 Å². The molecule has 3 rings (SSSR count). The van der Waals surface area contributed by atoms with E-state index in [2.05, 4.69) is 50.5 Å². The Kier molecular flexibility index (Phi) is 3.69. The highest BCUT2D eigenvalue weighted by atomic mass is 15.3. The molecule has 0 radical (unpaired) electrons. The van der Waals surface area contributed by atoms with Gasteiger partial charge in [-0.15, -0.1) is 0 Å². The first-order valence-electron chi connectivity index (χ1n) is 6.84. The molecular formula is C15H19N5. The lowest BCUT2D eigenvalue weighted by atomic mass is 10.2. The summed E-state index contributed by atoms with van der Waals surface area (Å²) in [6.07, 6.45) is 1.79. The highest BCUT2D eigenvalue weighted by Gasteiger charge is 2.17. The summed E-state index contributed by atoms with van der Waals surface area (Å²) in [6.45, 7) is 4.06. The molecule has 0 spiro atoms. The highest BCUT2D eigenvalue weighted by Crippen LogP contribution is 2.21. The van der Waals surface area contributed by atoms with Crippen molar-refractivity contribution in [3.63, 3.8) is 0 Å². The number of nitrogens with one attached hydrogen (secondary N) is 1. The molecule has 1 aliphatic heterocycles. The molecule has 1 fully saturated rings. The van der Waals surface area contributed by atoms with E-state index in [1.165, 1.54) is 11.4 Å². The molecule has 5 heteroatoms. The van der Waals surface area contributed by atoms with Crippen LogP contribution in [0.4, 0.5) is 17.2 Å². The summed E-state index contributed by atoms with van der Waals surface area (Å²) in [7, 11) is 0. The van der Waals surface area contributed by atoms with E-state index in [0.717, 1.165) is 26.2 Å². The molecule has 0 saturated carbocycles. The molecule has 0 aliphatic carbocycles. The molecule has 0 bridgehead atoms. The van der Waals surface area contributed by atoms with Crippen LogP contribution in [0.5, 0.6) is 0 Å². The number of rotatable bonds is 3. The molecular weight excluding hydrogens is 250 g/mol. The zero-order chi connectivity index (χ0) is 13.8. The van der Waals surface area contributed by atoms with E-state index in [-0.39, 0.29) is 0 Å².